The molecule has 1 atom stereocenters. The number of anilines is 1. The molecule has 1 saturated heterocycles. The van der Waals surface area contributed by atoms with Gasteiger partial charge in [-0.3, -0.25) is 14.9 Å². The second-order valence-corrected chi connectivity index (χ2v) is 11.4. The Bertz CT molecular complexity index is 816. The molecule has 4 saturated carbocycles. The van der Waals surface area contributed by atoms with Gasteiger partial charge in [0.25, 0.3) is 0 Å². The molecule has 0 spiro atoms. The number of carbonyl (C=O) groups is 2. The Morgan fingerprint density at radius 1 is 0.879 bits per heavy atom. The van der Waals surface area contributed by atoms with Crippen molar-refractivity contribution in [1.82, 2.24) is 10.6 Å². The highest BCUT2D eigenvalue weighted by atomic mass is 16.2. The van der Waals surface area contributed by atoms with Crippen molar-refractivity contribution in [3.63, 3.8) is 0 Å². The van der Waals surface area contributed by atoms with Crippen molar-refractivity contribution in [3.8, 4) is 0 Å². The first kappa shape index (κ1) is 22.9. The number of unbranched alkanes of at least 4 members (excludes halogenated alkanes) is 4. The second kappa shape index (κ2) is 10.2. The van der Waals surface area contributed by atoms with E-state index in [1.54, 1.807) is 0 Å². The van der Waals surface area contributed by atoms with Crippen molar-refractivity contribution in [1.29, 1.82) is 0 Å². The van der Waals surface area contributed by atoms with E-state index in [1.165, 1.54) is 77.2 Å². The van der Waals surface area contributed by atoms with Gasteiger partial charge in [0.05, 0.1) is 5.92 Å². The summed E-state index contributed by atoms with van der Waals surface area (Å²) in [5, 5.41) is 10.0. The minimum Gasteiger partial charge on any atom is -0.385 e. The zero-order valence-electron chi connectivity index (χ0n) is 20.0. The Morgan fingerprint density at radius 3 is 2.24 bits per heavy atom. The van der Waals surface area contributed by atoms with Crippen molar-refractivity contribution >= 4 is 17.5 Å². The molecule has 180 valence electrons. The molecular formula is C28H41N3O2. The fourth-order valence-corrected chi connectivity index (χ4v) is 7.57. The van der Waals surface area contributed by atoms with Gasteiger partial charge in [0.2, 0.25) is 11.8 Å². The summed E-state index contributed by atoms with van der Waals surface area (Å²) in [5.41, 5.74) is 2.58. The van der Waals surface area contributed by atoms with Crippen LogP contribution in [0.25, 0.3) is 0 Å². The van der Waals surface area contributed by atoms with E-state index in [1.807, 2.05) is 12.1 Å². The average molecular weight is 452 g/mol. The number of piperidine rings is 1. The number of rotatable bonds is 11. The topological polar surface area (TPSA) is 70.2 Å². The molecule has 1 aromatic rings. The molecule has 3 N–H and O–H groups in total. The Kier molecular flexibility index (Phi) is 7.05. The summed E-state index contributed by atoms with van der Waals surface area (Å²) in [6, 6.07) is 8.11. The van der Waals surface area contributed by atoms with Gasteiger partial charge < -0.3 is 10.6 Å². The van der Waals surface area contributed by atoms with Crippen LogP contribution in [0.1, 0.15) is 95.0 Å². The Hall–Kier alpha value is -1.88. The van der Waals surface area contributed by atoms with E-state index in [-0.39, 0.29) is 17.7 Å². The molecule has 5 aliphatic rings. The van der Waals surface area contributed by atoms with Crippen molar-refractivity contribution in [2.75, 3.05) is 18.4 Å². The summed E-state index contributed by atoms with van der Waals surface area (Å²) in [6.07, 6.45) is 16.3. The van der Waals surface area contributed by atoms with Gasteiger partial charge >= 0.3 is 0 Å². The van der Waals surface area contributed by atoms with Crippen molar-refractivity contribution in [2.45, 2.75) is 94.9 Å². The first-order valence-electron chi connectivity index (χ1n) is 13.5. The van der Waals surface area contributed by atoms with Crippen LogP contribution in [0, 0.1) is 17.8 Å². The van der Waals surface area contributed by atoms with Gasteiger partial charge in [-0.25, -0.2) is 0 Å². The monoisotopic (exact) mass is 451 g/mol. The summed E-state index contributed by atoms with van der Waals surface area (Å²) in [6.45, 7) is 2.17. The van der Waals surface area contributed by atoms with Gasteiger partial charge in [-0.1, -0.05) is 31.4 Å². The molecule has 4 bridgehead atoms. The van der Waals surface area contributed by atoms with E-state index in [0.29, 0.717) is 18.4 Å². The summed E-state index contributed by atoms with van der Waals surface area (Å²) >= 11 is 0. The summed E-state index contributed by atoms with van der Waals surface area (Å²) in [5.74, 6) is 2.55. The molecule has 5 fully saturated rings. The summed E-state index contributed by atoms with van der Waals surface area (Å²) < 4.78 is 0. The molecule has 1 heterocycles. The molecule has 1 aliphatic heterocycles. The molecule has 6 rings (SSSR count). The third kappa shape index (κ3) is 5.62. The van der Waals surface area contributed by atoms with Crippen LogP contribution in [0.2, 0.25) is 0 Å². The molecule has 0 aromatic heterocycles. The maximum atomic E-state index is 12.1. The van der Waals surface area contributed by atoms with Gasteiger partial charge in [0, 0.05) is 24.2 Å². The number of imide groups is 1. The fourth-order valence-electron chi connectivity index (χ4n) is 7.57. The maximum Gasteiger partial charge on any atom is 0.234 e. The predicted octanol–water partition coefficient (Wildman–Crippen LogP) is 5.13. The highest BCUT2D eigenvalue weighted by molar-refractivity contribution is 6.01. The molecule has 2 amide bonds. The van der Waals surface area contributed by atoms with E-state index >= 15 is 0 Å². The van der Waals surface area contributed by atoms with E-state index in [9.17, 15) is 9.59 Å². The number of hydrogen-bond donors (Lipinski definition) is 3. The average Bonchev–Trinajstić information content (AvgIpc) is 2.77. The molecule has 33 heavy (non-hydrogen) atoms. The van der Waals surface area contributed by atoms with E-state index in [2.05, 4.69) is 28.1 Å². The lowest BCUT2D eigenvalue weighted by Gasteiger charge is -2.57. The highest BCUT2D eigenvalue weighted by Gasteiger charge is 2.50. The van der Waals surface area contributed by atoms with E-state index in [4.69, 9.17) is 0 Å². The SMILES string of the molecule is O=C1CCC(c2cccc(NCCCCCCCNC34CC5CC(CC(C5)C3)C4)c2)C(=O)N1. The minimum atomic E-state index is -0.212. The summed E-state index contributed by atoms with van der Waals surface area (Å²) in [4.78, 5) is 23.5. The molecule has 4 aliphatic carbocycles. The second-order valence-electron chi connectivity index (χ2n) is 11.4. The van der Waals surface area contributed by atoms with Gasteiger partial charge in [0.15, 0.2) is 0 Å². The molecule has 5 heteroatoms. The largest absolute Gasteiger partial charge is 0.385 e. The minimum absolute atomic E-state index is 0.158. The molecular weight excluding hydrogens is 410 g/mol. The first-order valence-corrected chi connectivity index (χ1v) is 13.5. The zero-order chi connectivity index (χ0) is 22.7. The Morgan fingerprint density at radius 2 is 1.55 bits per heavy atom. The van der Waals surface area contributed by atoms with Crippen LogP contribution < -0.4 is 16.0 Å². The lowest BCUT2D eigenvalue weighted by Crippen LogP contribution is -2.58. The van der Waals surface area contributed by atoms with Crippen LogP contribution in [0.5, 0.6) is 0 Å². The summed E-state index contributed by atoms with van der Waals surface area (Å²) in [7, 11) is 0. The fraction of sp³-hybridized carbons (Fsp3) is 0.714. The van der Waals surface area contributed by atoms with Crippen molar-refractivity contribution in [3.05, 3.63) is 29.8 Å². The predicted molar refractivity (Wildman–Crippen MR) is 132 cm³/mol. The third-order valence-corrected chi connectivity index (χ3v) is 8.75. The quantitative estimate of drug-likeness (QED) is 0.322. The number of hydrogen-bond acceptors (Lipinski definition) is 4. The van der Waals surface area contributed by atoms with E-state index < -0.39 is 0 Å². The lowest BCUT2D eigenvalue weighted by molar-refractivity contribution is -0.134. The Labute approximate surface area is 198 Å². The Balaban J connectivity index is 0.943. The normalized spacial score (nSPS) is 32.7. The third-order valence-electron chi connectivity index (χ3n) is 8.75. The van der Waals surface area contributed by atoms with Gasteiger partial charge in [-0.2, -0.15) is 0 Å². The molecule has 1 unspecified atom stereocenters. The number of benzene rings is 1. The van der Waals surface area contributed by atoms with Crippen molar-refractivity contribution in [2.24, 2.45) is 17.8 Å². The molecule has 1 aromatic carbocycles. The van der Waals surface area contributed by atoms with Crippen molar-refractivity contribution < 1.29 is 9.59 Å². The van der Waals surface area contributed by atoms with Crippen LogP contribution >= 0.6 is 0 Å². The zero-order valence-corrected chi connectivity index (χ0v) is 20.0. The van der Waals surface area contributed by atoms with Crippen LogP contribution in [-0.2, 0) is 9.59 Å². The van der Waals surface area contributed by atoms with Crippen LogP contribution in [0.3, 0.4) is 0 Å². The van der Waals surface area contributed by atoms with Gasteiger partial charge in [-0.15, -0.1) is 0 Å². The van der Waals surface area contributed by atoms with Gasteiger partial charge in [0.1, 0.15) is 0 Å². The number of carbonyl (C=O) groups excluding carboxylic acids is 2. The smallest absolute Gasteiger partial charge is 0.234 e. The van der Waals surface area contributed by atoms with Crippen LogP contribution in [-0.4, -0.2) is 30.4 Å². The maximum absolute atomic E-state index is 12.1. The van der Waals surface area contributed by atoms with Crippen LogP contribution in [0.4, 0.5) is 5.69 Å². The standard InChI is InChI=1S/C28H41N3O2/c32-26-10-9-25(27(33)31-26)23-7-6-8-24(16-23)29-11-4-2-1-3-5-12-30-28-17-20-13-21(18-28)15-22(14-20)19-28/h6-8,16,20-22,25,29-30H,1-5,9-15,17-19H2,(H,31,32,33). The van der Waals surface area contributed by atoms with E-state index in [0.717, 1.165) is 35.5 Å². The lowest BCUT2D eigenvalue weighted by atomic mass is 9.53. The number of amides is 2. The first-order chi connectivity index (χ1) is 16.1. The van der Waals surface area contributed by atoms with Gasteiger partial charge in [-0.05, 0) is 99.8 Å². The molecule has 5 nitrogen and oxygen atoms in total. The highest BCUT2D eigenvalue weighted by Crippen LogP contribution is 2.55. The molecule has 0 radical (unpaired) electrons. The number of nitrogens with one attached hydrogen (secondary N) is 3. The van der Waals surface area contributed by atoms with Crippen LogP contribution in [0.15, 0.2) is 24.3 Å².